The first kappa shape index (κ1) is 16.7. The third-order valence-corrected chi connectivity index (χ3v) is 4.53. The average molecular weight is 356 g/mol. The minimum Gasteiger partial charge on any atom is -0.325 e. The number of rotatable bonds is 4. The van der Waals surface area contributed by atoms with Gasteiger partial charge >= 0.3 is 0 Å². The first-order valence-corrected chi connectivity index (χ1v) is 8.54. The minimum absolute atomic E-state index is 0.476. The molecule has 2 N–H and O–H groups in total. The van der Waals surface area contributed by atoms with E-state index >= 15 is 0 Å². The molecule has 1 atom stereocenters. The Morgan fingerprint density at radius 2 is 1.41 bits per heavy atom. The van der Waals surface area contributed by atoms with Crippen molar-refractivity contribution in [3.63, 3.8) is 0 Å². The third-order valence-electron chi connectivity index (χ3n) is 4.53. The number of fused-ring (bicyclic) bond motifs is 1. The summed E-state index contributed by atoms with van der Waals surface area (Å²) < 4.78 is 0. The number of carbonyl (C=O) groups excluding carboxylic acids is 3. The van der Waals surface area contributed by atoms with Crippen molar-refractivity contribution in [2.45, 2.75) is 5.92 Å². The van der Waals surface area contributed by atoms with Crippen molar-refractivity contribution in [3.05, 3.63) is 84.4 Å². The van der Waals surface area contributed by atoms with Crippen molar-refractivity contribution < 1.29 is 14.4 Å². The molecule has 5 heteroatoms. The van der Waals surface area contributed by atoms with Gasteiger partial charge in [-0.15, -0.1) is 0 Å². The number of anilines is 2. The molecule has 0 aliphatic carbocycles. The van der Waals surface area contributed by atoms with Crippen LogP contribution in [0.15, 0.2) is 78.9 Å². The summed E-state index contributed by atoms with van der Waals surface area (Å²) >= 11 is 0. The van der Waals surface area contributed by atoms with Gasteiger partial charge in [0.2, 0.25) is 11.7 Å². The molecular formula is C22H16N2O3. The smallest absolute Gasteiger partial charge is 0.292 e. The molecule has 0 spiro atoms. The monoisotopic (exact) mass is 356 g/mol. The van der Waals surface area contributed by atoms with Gasteiger partial charge in [-0.05, 0) is 34.9 Å². The number of carbonyl (C=O) groups is 3. The normalized spacial score (nSPS) is 15.0. The fraction of sp³-hybridized carbons (Fsp3) is 0.0455. The topological polar surface area (TPSA) is 75.3 Å². The van der Waals surface area contributed by atoms with E-state index in [1.54, 1.807) is 36.4 Å². The van der Waals surface area contributed by atoms with E-state index in [1.165, 1.54) is 0 Å². The number of hydrogen-bond donors (Lipinski definition) is 2. The highest BCUT2D eigenvalue weighted by atomic mass is 16.2. The SMILES string of the molecule is O=C(Nc1ccc(-c2ccccc2)cc1)C(=O)[C@@H]1C(=O)Nc2ccccc21. The quantitative estimate of drug-likeness (QED) is 0.554. The molecule has 5 nitrogen and oxygen atoms in total. The van der Waals surface area contributed by atoms with Crippen molar-refractivity contribution in [2.24, 2.45) is 0 Å². The highest BCUT2D eigenvalue weighted by Gasteiger charge is 2.39. The number of para-hydroxylation sites is 1. The third kappa shape index (κ3) is 3.22. The van der Waals surface area contributed by atoms with Crippen LogP contribution in [0.5, 0.6) is 0 Å². The maximum absolute atomic E-state index is 12.5. The van der Waals surface area contributed by atoms with E-state index in [1.807, 2.05) is 42.5 Å². The lowest BCUT2D eigenvalue weighted by Crippen LogP contribution is -2.31. The van der Waals surface area contributed by atoms with E-state index in [0.717, 1.165) is 11.1 Å². The Hall–Kier alpha value is -3.73. The molecule has 2 amide bonds. The first-order valence-electron chi connectivity index (χ1n) is 8.54. The molecule has 3 aromatic rings. The predicted octanol–water partition coefficient (Wildman–Crippen LogP) is 3.60. The second-order valence-electron chi connectivity index (χ2n) is 6.27. The van der Waals surface area contributed by atoms with E-state index < -0.39 is 23.5 Å². The molecule has 27 heavy (non-hydrogen) atoms. The van der Waals surface area contributed by atoms with Gasteiger partial charge in [-0.2, -0.15) is 0 Å². The van der Waals surface area contributed by atoms with E-state index in [-0.39, 0.29) is 0 Å². The first-order chi connectivity index (χ1) is 13.1. The van der Waals surface area contributed by atoms with Crippen LogP contribution in [0.1, 0.15) is 11.5 Å². The van der Waals surface area contributed by atoms with E-state index in [0.29, 0.717) is 16.9 Å². The Balaban J connectivity index is 1.49. The zero-order chi connectivity index (χ0) is 18.8. The van der Waals surface area contributed by atoms with Crippen LogP contribution in [0.2, 0.25) is 0 Å². The van der Waals surface area contributed by atoms with E-state index in [9.17, 15) is 14.4 Å². The molecule has 0 saturated carbocycles. The van der Waals surface area contributed by atoms with Crippen LogP contribution in [0.25, 0.3) is 11.1 Å². The summed E-state index contributed by atoms with van der Waals surface area (Å²) in [6, 6.07) is 23.9. The molecule has 132 valence electrons. The molecule has 1 heterocycles. The molecule has 0 bridgehead atoms. The number of amides is 2. The summed E-state index contributed by atoms with van der Waals surface area (Å²) in [5.74, 6) is -3.16. The molecular weight excluding hydrogens is 340 g/mol. The molecule has 1 aliphatic heterocycles. The summed E-state index contributed by atoms with van der Waals surface area (Å²) in [4.78, 5) is 37.0. The summed E-state index contributed by atoms with van der Waals surface area (Å²) in [6.07, 6.45) is 0. The molecule has 0 fully saturated rings. The zero-order valence-electron chi connectivity index (χ0n) is 14.3. The van der Waals surface area contributed by atoms with Crippen molar-refractivity contribution in [2.75, 3.05) is 10.6 Å². The molecule has 0 radical (unpaired) electrons. The standard InChI is InChI=1S/C22H16N2O3/c25-20(19-17-8-4-5-9-18(17)24-21(19)26)22(27)23-16-12-10-15(11-13-16)14-6-2-1-3-7-14/h1-13,19H,(H,23,27)(H,24,26)/t19-/m1/s1. The fourth-order valence-corrected chi connectivity index (χ4v) is 3.17. The molecule has 4 rings (SSSR count). The van der Waals surface area contributed by atoms with Crippen LogP contribution in [0.4, 0.5) is 11.4 Å². The molecule has 0 saturated heterocycles. The van der Waals surface area contributed by atoms with Gasteiger partial charge < -0.3 is 10.6 Å². The van der Waals surface area contributed by atoms with Crippen molar-refractivity contribution >= 4 is 29.0 Å². The lowest BCUT2D eigenvalue weighted by molar-refractivity contribution is -0.138. The van der Waals surface area contributed by atoms with Gasteiger partial charge in [-0.1, -0.05) is 60.7 Å². The van der Waals surface area contributed by atoms with Gasteiger partial charge in [0.05, 0.1) is 0 Å². The van der Waals surface area contributed by atoms with Crippen LogP contribution < -0.4 is 10.6 Å². The Morgan fingerprint density at radius 1 is 0.778 bits per heavy atom. The summed E-state index contributed by atoms with van der Waals surface area (Å²) in [6.45, 7) is 0. The van der Waals surface area contributed by atoms with Gasteiger partial charge in [0.15, 0.2) is 0 Å². The average Bonchev–Trinajstić information content (AvgIpc) is 3.04. The van der Waals surface area contributed by atoms with Gasteiger partial charge in [-0.25, -0.2) is 0 Å². The van der Waals surface area contributed by atoms with Crippen molar-refractivity contribution in [1.29, 1.82) is 0 Å². The van der Waals surface area contributed by atoms with Gasteiger partial charge in [0.1, 0.15) is 5.92 Å². The molecule has 3 aromatic carbocycles. The molecule has 0 aromatic heterocycles. The summed E-state index contributed by atoms with van der Waals surface area (Å²) in [5.41, 5.74) is 3.66. The second kappa shape index (κ2) is 6.88. The van der Waals surface area contributed by atoms with Crippen LogP contribution in [0, 0.1) is 0 Å². The Labute approximate surface area is 156 Å². The van der Waals surface area contributed by atoms with Crippen molar-refractivity contribution in [1.82, 2.24) is 0 Å². The van der Waals surface area contributed by atoms with Crippen LogP contribution >= 0.6 is 0 Å². The van der Waals surface area contributed by atoms with Crippen LogP contribution in [0.3, 0.4) is 0 Å². The highest BCUT2D eigenvalue weighted by molar-refractivity contribution is 6.47. The van der Waals surface area contributed by atoms with Gasteiger partial charge in [-0.3, -0.25) is 14.4 Å². The number of ketones is 1. The van der Waals surface area contributed by atoms with E-state index in [4.69, 9.17) is 0 Å². The molecule has 1 aliphatic rings. The Bertz CT molecular complexity index is 1030. The van der Waals surface area contributed by atoms with Crippen molar-refractivity contribution in [3.8, 4) is 11.1 Å². The zero-order valence-corrected chi connectivity index (χ0v) is 14.3. The largest absolute Gasteiger partial charge is 0.325 e. The lowest BCUT2D eigenvalue weighted by atomic mass is 9.95. The van der Waals surface area contributed by atoms with Gasteiger partial charge in [0, 0.05) is 11.4 Å². The Kier molecular flexibility index (Phi) is 4.26. The summed E-state index contributed by atoms with van der Waals surface area (Å²) in [7, 11) is 0. The van der Waals surface area contributed by atoms with Crippen LogP contribution in [-0.4, -0.2) is 17.6 Å². The Morgan fingerprint density at radius 3 is 2.15 bits per heavy atom. The summed E-state index contributed by atoms with van der Waals surface area (Å²) in [5, 5.41) is 5.21. The minimum atomic E-state index is -1.11. The number of benzene rings is 3. The predicted molar refractivity (Wildman–Crippen MR) is 103 cm³/mol. The lowest BCUT2D eigenvalue weighted by Gasteiger charge is -2.09. The highest BCUT2D eigenvalue weighted by Crippen LogP contribution is 2.33. The number of Topliss-reactive ketones (excluding diaryl/α,β-unsaturated/α-hetero) is 1. The second-order valence-corrected chi connectivity index (χ2v) is 6.27. The molecule has 0 unspecified atom stereocenters. The van der Waals surface area contributed by atoms with Crippen LogP contribution in [-0.2, 0) is 14.4 Å². The van der Waals surface area contributed by atoms with Gasteiger partial charge in [0.25, 0.3) is 5.91 Å². The number of nitrogens with one attached hydrogen (secondary N) is 2. The fourth-order valence-electron chi connectivity index (χ4n) is 3.17. The maximum atomic E-state index is 12.5. The maximum Gasteiger partial charge on any atom is 0.292 e. The number of hydrogen-bond acceptors (Lipinski definition) is 3. The van der Waals surface area contributed by atoms with E-state index in [2.05, 4.69) is 10.6 Å².